The third-order valence-corrected chi connectivity index (χ3v) is 3.27. The Balaban J connectivity index is 2.60. The number of ether oxygens (including phenoxy) is 2. The second-order valence-electron chi connectivity index (χ2n) is 5.00. The summed E-state index contributed by atoms with van der Waals surface area (Å²) in [5.74, 6) is -13.0. The molecule has 0 spiro atoms. The van der Waals surface area contributed by atoms with Crippen molar-refractivity contribution in [3.05, 3.63) is 34.3 Å². The largest absolute Gasteiger partial charge is 0.461 e. The smallest absolute Gasteiger partial charge is 0.460 e. The minimum absolute atomic E-state index is 1.57. The van der Waals surface area contributed by atoms with E-state index in [2.05, 4.69) is 9.47 Å². The molecule has 2 aliphatic heterocycles. The second kappa shape index (κ2) is 5.74. The average Bonchev–Trinajstić information content (AvgIpc) is 2.42. The highest BCUT2D eigenvalue weighted by atomic mass is 19.4. The fourth-order valence-corrected chi connectivity index (χ4v) is 2.03. The number of halogens is 12. The fraction of sp³-hybridized carbons (Fsp3) is 0.500. The molecule has 0 saturated heterocycles. The van der Waals surface area contributed by atoms with E-state index in [0.29, 0.717) is 0 Å². The van der Waals surface area contributed by atoms with E-state index in [-0.39, 0.29) is 0 Å². The molecule has 2 heterocycles. The van der Waals surface area contributed by atoms with Gasteiger partial charge in [-0.25, -0.2) is 4.39 Å². The molecule has 14 heteroatoms. The van der Waals surface area contributed by atoms with Gasteiger partial charge in [-0.15, -0.1) is 0 Å². The molecule has 0 unspecified atom stereocenters. The van der Waals surface area contributed by atoms with Gasteiger partial charge < -0.3 is 9.47 Å². The van der Waals surface area contributed by atoms with Crippen molar-refractivity contribution in [3.8, 4) is 0 Å². The second-order valence-corrected chi connectivity index (χ2v) is 5.00. The van der Waals surface area contributed by atoms with Crippen LogP contribution in [0.3, 0.4) is 0 Å². The summed E-state index contributed by atoms with van der Waals surface area (Å²) in [4.78, 5) is 0. The highest BCUT2D eigenvalue weighted by molar-refractivity contribution is 5.44. The number of allylic oxidation sites excluding steroid dienone is 4. The standard InChI is InChI=1S/C12H4F12O2/c13-6-3-1-4(10(16,17)18)7(9(14,15)12(22,23)24)26-8(3)25-2-5(6)11(19,20)21/h1-2H2. The molecule has 0 bridgehead atoms. The molecule has 0 aromatic heterocycles. The summed E-state index contributed by atoms with van der Waals surface area (Å²) in [5, 5.41) is 0. The zero-order valence-corrected chi connectivity index (χ0v) is 11.8. The predicted molar refractivity (Wildman–Crippen MR) is 57.0 cm³/mol. The first-order chi connectivity index (χ1) is 11.5. The predicted octanol–water partition coefficient (Wildman–Crippen LogP) is 5.45. The number of hydrogen-bond acceptors (Lipinski definition) is 2. The molecule has 0 aliphatic carbocycles. The van der Waals surface area contributed by atoms with Gasteiger partial charge >= 0.3 is 24.5 Å². The average molecular weight is 408 g/mol. The van der Waals surface area contributed by atoms with Crippen LogP contribution in [0, 0.1) is 0 Å². The Kier molecular flexibility index (Phi) is 4.48. The molecule has 0 fully saturated rings. The van der Waals surface area contributed by atoms with E-state index in [1.807, 2.05) is 0 Å². The molecule has 0 saturated carbocycles. The van der Waals surface area contributed by atoms with Crippen LogP contribution in [-0.4, -0.2) is 31.1 Å². The van der Waals surface area contributed by atoms with E-state index in [0.717, 1.165) is 0 Å². The highest BCUT2D eigenvalue weighted by Gasteiger charge is 2.65. The summed E-state index contributed by atoms with van der Waals surface area (Å²) in [6, 6.07) is 0. The lowest BCUT2D eigenvalue weighted by Crippen LogP contribution is -2.42. The molecule has 0 atom stereocenters. The van der Waals surface area contributed by atoms with Gasteiger partial charge in [-0.1, -0.05) is 0 Å². The summed E-state index contributed by atoms with van der Waals surface area (Å²) in [6.07, 6.45) is -19.8. The number of hydrogen-bond donors (Lipinski definition) is 0. The highest BCUT2D eigenvalue weighted by Crippen LogP contribution is 2.52. The monoisotopic (exact) mass is 408 g/mol. The Morgan fingerprint density at radius 3 is 1.65 bits per heavy atom. The van der Waals surface area contributed by atoms with Crippen molar-refractivity contribution in [3.63, 3.8) is 0 Å². The fourth-order valence-electron chi connectivity index (χ4n) is 2.03. The Morgan fingerprint density at radius 1 is 0.731 bits per heavy atom. The molecule has 148 valence electrons. The van der Waals surface area contributed by atoms with Crippen molar-refractivity contribution in [1.29, 1.82) is 0 Å². The zero-order valence-electron chi connectivity index (χ0n) is 11.8. The topological polar surface area (TPSA) is 18.5 Å². The van der Waals surface area contributed by atoms with Gasteiger partial charge in [-0.2, -0.15) is 48.3 Å². The molecule has 0 amide bonds. The lowest BCUT2D eigenvalue weighted by Gasteiger charge is -2.33. The van der Waals surface area contributed by atoms with Gasteiger partial charge in [0.05, 0.1) is 11.1 Å². The minimum atomic E-state index is -6.52. The first-order valence-electron chi connectivity index (χ1n) is 6.23. The molecular weight excluding hydrogens is 404 g/mol. The van der Waals surface area contributed by atoms with Crippen molar-refractivity contribution < 1.29 is 62.2 Å². The molecule has 0 radical (unpaired) electrons. The molecule has 2 rings (SSSR count). The van der Waals surface area contributed by atoms with E-state index in [1.54, 1.807) is 0 Å². The van der Waals surface area contributed by atoms with Crippen LogP contribution in [-0.2, 0) is 9.47 Å². The van der Waals surface area contributed by atoms with Crippen LogP contribution in [0.5, 0.6) is 0 Å². The molecule has 0 aromatic rings. The van der Waals surface area contributed by atoms with Crippen LogP contribution in [0.2, 0.25) is 0 Å². The minimum Gasteiger partial charge on any atom is -0.460 e. The maximum atomic E-state index is 13.8. The number of rotatable bonds is 1. The van der Waals surface area contributed by atoms with Gasteiger partial charge in [-0.05, 0) is 0 Å². The lowest BCUT2D eigenvalue weighted by molar-refractivity contribution is -0.279. The summed E-state index contributed by atoms with van der Waals surface area (Å²) in [5.41, 5.74) is -6.31. The van der Waals surface area contributed by atoms with E-state index in [9.17, 15) is 52.7 Å². The van der Waals surface area contributed by atoms with Crippen molar-refractivity contribution in [2.45, 2.75) is 30.9 Å². The third-order valence-electron chi connectivity index (χ3n) is 3.27. The van der Waals surface area contributed by atoms with Gasteiger partial charge in [0, 0.05) is 6.42 Å². The summed E-state index contributed by atoms with van der Waals surface area (Å²) < 4.78 is 162. The van der Waals surface area contributed by atoms with Crippen LogP contribution in [0.1, 0.15) is 6.42 Å². The molecule has 2 aliphatic rings. The Morgan fingerprint density at radius 2 is 1.23 bits per heavy atom. The van der Waals surface area contributed by atoms with Crippen molar-refractivity contribution in [2.24, 2.45) is 0 Å². The van der Waals surface area contributed by atoms with Crippen LogP contribution in [0.4, 0.5) is 52.7 Å². The van der Waals surface area contributed by atoms with Crippen LogP contribution in [0.25, 0.3) is 0 Å². The van der Waals surface area contributed by atoms with E-state index in [1.165, 1.54) is 0 Å². The lowest BCUT2D eigenvalue weighted by atomic mass is 9.95. The van der Waals surface area contributed by atoms with E-state index >= 15 is 0 Å². The molecule has 2 nitrogen and oxygen atoms in total. The maximum absolute atomic E-state index is 13.8. The quantitative estimate of drug-likeness (QED) is 0.538. The van der Waals surface area contributed by atoms with Gasteiger partial charge in [0.1, 0.15) is 18.0 Å². The normalized spacial score (nSPS) is 20.2. The zero-order chi connectivity index (χ0) is 20.3. The summed E-state index contributed by atoms with van der Waals surface area (Å²) in [7, 11) is 0. The first kappa shape index (κ1) is 20.3. The Hall–Kier alpha value is -2.02. The molecule has 0 N–H and O–H groups in total. The number of alkyl halides is 11. The van der Waals surface area contributed by atoms with Gasteiger partial charge in [0.2, 0.25) is 0 Å². The Bertz CT molecular complexity index is 701. The first-order valence-corrected chi connectivity index (χ1v) is 6.23. The van der Waals surface area contributed by atoms with Gasteiger partial charge in [0.25, 0.3) is 5.95 Å². The summed E-state index contributed by atoms with van der Waals surface area (Å²) in [6.45, 7) is -1.68. The van der Waals surface area contributed by atoms with Crippen LogP contribution >= 0.6 is 0 Å². The molecule has 26 heavy (non-hydrogen) atoms. The Labute approximate surface area is 135 Å². The van der Waals surface area contributed by atoms with Crippen molar-refractivity contribution >= 4 is 0 Å². The summed E-state index contributed by atoms with van der Waals surface area (Å²) >= 11 is 0. The van der Waals surface area contributed by atoms with Gasteiger partial charge in [-0.3, -0.25) is 0 Å². The van der Waals surface area contributed by atoms with Gasteiger partial charge in [0.15, 0.2) is 5.76 Å². The van der Waals surface area contributed by atoms with Crippen molar-refractivity contribution in [1.82, 2.24) is 0 Å². The molecule has 0 aromatic carbocycles. The van der Waals surface area contributed by atoms with E-state index in [4.69, 9.17) is 0 Å². The van der Waals surface area contributed by atoms with Crippen molar-refractivity contribution in [2.75, 3.05) is 6.61 Å². The van der Waals surface area contributed by atoms with Crippen LogP contribution < -0.4 is 0 Å². The van der Waals surface area contributed by atoms with Crippen LogP contribution in [0.15, 0.2) is 34.3 Å². The maximum Gasteiger partial charge on any atom is 0.461 e. The van der Waals surface area contributed by atoms with E-state index < -0.39 is 71.7 Å². The SMILES string of the molecule is FC1=C(C(F)(F)F)COC2=C1CC(C(F)(F)F)=C(C(F)(F)C(F)(F)F)O2. The third kappa shape index (κ3) is 3.32. The molecular formula is C12H4F12O2.